The normalized spacial score (nSPS) is 16.5. The molecule has 0 spiro atoms. The van der Waals surface area contributed by atoms with E-state index in [-0.39, 0.29) is 36.6 Å². The van der Waals surface area contributed by atoms with Crippen molar-refractivity contribution in [1.29, 1.82) is 0 Å². The Balaban J connectivity index is 1.90. The van der Waals surface area contributed by atoms with E-state index in [2.05, 4.69) is 16.0 Å². The van der Waals surface area contributed by atoms with Gasteiger partial charge in [-0.2, -0.15) is 0 Å². The summed E-state index contributed by atoms with van der Waals surface area (Å²) in [5.74, 6) is -0.817. The van der Waals surface area contributed by atoms with Crippen LogP contribution in [-0.2, 0) is 23.9 Å². The number of piperazine rings is 1. The van der Waals surface area contributed by atoms with Gasteiger partial charge in [-0.05, 0) is 36.6 Å². The van der Waals surface area contributed by atoms with Crippen LogP contribution in [0.3, 0.4) is 0 Å². The predicted octanol–water partition coefficient (Wildman–Crippen LogP) is 1.75. The smallest absolute Gasteiger partial charge is 0.307 e. The van der Waals surface area contributed by atoms with Crippen molar-refractivity contribution in [3.8, 4) is 0 Å². The standard InChI is InChI=1S/C22H32N4O5/c1-4-11-31-21(29)13-18-22(30)23-9-10-26(18)14-20(28)25-17-7-5-16(6-8-17)24-19(27)12-15(2)3/h5-8,15,18H,4,9-14H2,1-3H3,(H,23,30)(H,24,27)(H,25,28). The van der Waals surface area contributed by atoms with Gasteiger partial charge in [0.05, 0.1) is 19.6 Å². The van der Waals surface area contributed by atoms with Crippen LogP contribution in [0.1, 0.15) is 40.0 Å². The Morgan fingerprint density at radius 3 is 2.32 bits per heavy atom. The van der Waals surface area contributed by atoms with Gasteiger partial charge in [0.1, 0.15) is 6.04 Å². The fourth-order valence-electron chi connectivity index (χ4n) is 3.21. The summed E-state index contributed by atoms with van der Waals surface area (Å²) in [4.78, 5) is 50.2. The molecule has 170 valence electrons. The molecule has 1 atom stereocenters. The molecule has 2 rings (SSSR count). The Morgan fingerprint density at radius 1 is 1.13 bits per heavy atom. The SMILES string of the molecule is CCCOC(=O)CC1C(=O)NCCN1CC(=O)Nc1ccc(NC(=O)CC(C)C)cc1. The maximum absolute atomic E-state index is 12.5. The maximum atomic E-state index is 12.5. The lowest BCUT2D eigenvalue weighted by Crippen LogP contribution is -2.57. The van der Waals surface area contributed by atoms with E-state index in [0.29, 0.717) is 43.9 Å². The fraction of sp³-hybridized carbons (Fsp3) is 0.545. The molecule has 1 aromatic carbocycles. The molecule has 9 nitrogen and oxygen atoms in total. The number of carbonyl (C=O) groups is 4. The fourth-order valence-corrected chi connectivity index (χ4v) is 3.21. The molecule has 0 radical (unpaired) electrons. The molecule has 9 heteroatoms. The second kappa shape index (κ2) is 12.0. The van der Waals surface area contributed by atoms with Gasteiger partial charge in [0, 0.05) is 30.9 Å². The summed E-state index contributed by atoms with van der Waals surface area (Å²) in [5.41, 5.74) is 1.23. The van der Waals surface area contributed by atoms with Gasteiger partial charge in [0.15, 0.2) is 0 Å². The Hall–Kier alpha value is -2.94. The minimum atomic E-state index is -0.734. The molecule has 0 aromatic heterocycles. The minimum Gasteiger partial charge on any atom is -0.466 e. The van der Waals surface area contributed by atoms with Crippen molar-refractivity contribution in [2.24, 2.45) is 5.92 Å². The third kappa shape index (κ3) is 8.37. The first-order valence-electron chi connectivity index (χ1n) is 10.7. The topological polar surface area (TPSA) is 117 Å². The van der Waals surface area contributed by atoms with Crippen LogP contribution in [0.2, 0.25) is 0 Å². The summed E-state index contributed by atoms with van der Waals surface area (Å²) in [5, 5.41) is 8.32. The van der Waals surface area contributed by atoms with Gasteiger partial charge in [-0.15, -0.1) is 0 Å². The van der Waals surface area contributed by atoms with Crippen LogP contribution in [0.25, 0.3) is 0 Å². The molecule has 1 fully saturated rings. The molecule has 1 aromatic rings. The molecule has 0 aliphatic carbocycles. The molecular formula is C22H32N4O5. The van der Waals surface area contributed by atoms with Crippen molar-refractivity contribution in [2.45, 2.75) is 46.1 Å². The van der Waals surface area contributed by atoms with Crippen molar-refractivity contribution in [2.75, 3.05) is 36.9 Å². The molecule has 3 amide bonds. The average molecular weight is 433 g/mol. The highest BCUT2D eigenvalue weighted by molar-refractivity contribution is 5.94. The number of esters is 1. The third-order valence-electron chi connectivity index (χ3n) is 4.66. The van der Waals surface area contributed by atoms with Gasteiger partial charge in [0.2, 0.25) is 17.7 Å². The quantitative estimate of drug-likeness (QED) is 0.485. The van der Waals surface area contributed by atoms with Gasteiger partial charge < -0.3 is 20.7 Å². The summed E-state index contributed by atoms with van der Waals surface area (Å²) < 4.78 is 5.07. The van der Waals surface area contributed by atoms with Gasteiger partial charge >= 0.3 is 5.97 Å². The second-order valence-corrected chi connectivity index (χ2v) is 7.97. The number of hydrogen-bond acceptors (Lipinski definition) is 6. The van der Waals surface area contributed by atoms with Crippen LogP contribution < -0.4 is 16.0 Å². The number of carbonyl (C=O) groups excluding carboxylic acids is 4. The van der Waals surface area contributed by atoms with Crippen LogP contribution in [0, 0.1) is 5.92 Å². The summed E-state index contributed by atoms with van der Waals surface area (Å²) >= 11 is 0. The van der Waals surface area contributed by atoms with Crippen molar-refractivity contribution in [3.63, 3.8) is 0 Å². The Bertz CT molecular complexity index is 779. The van der Waals surface area contributed by atoms with Crippen molar-refractivity contribution >= 4 is 35.1 Å². The summed E-state index contributed by atoms with van der Waals surface area (Å²) in [6.45, 7) is 7.01. The highest BCUT2D eigenvalue weighted by Gasteiger charge is 2.33. The third-order valence-corrected chi connectivity index (χ3v) is 4.66. The van der Waals surface area contributed by atoms with Crippen LogP contribution >= 0.6 is 0 Å². The monoisotopic (exact) mass is 432 g/mol. The van der Waals surface area contributed by atoms with Gasteiger partial charge in [-0.25, -0.2) is 0 Å². The molecule has 1 unspecified atom stereocenters. The number of rotatable bonds is 10. The van der Waals surface area contributed by atoms with E-state index in [1.807, 2.05) is 20.8 Å². The number of anilines is 2. The molecule has 1 heterocycles. The first kappa shape index (κ1) is 24.3. The highest BCUT2D eigenvalue weighted by atomic mass is 16.5. The second-order valence-electron chi connectivity index (χ2n) is 7.97. The predicted molar refractivity (Wildman–Crippen MR) is 117 cm³/mol. The molecule has 0 bridgehead atoms. The van der Waals surface area contributed by atoms with Crippen LogP contribution in [0.4, 0.5) is 11.4 Å². The first-order chi connectivity index (χ1) is 14.8. The zero-order valence-electron chi connectivity index (χ0n) is 18.4. The van der Waals surface area contributed by atoms with Gasteiger partial charge in [-0.3, -0.25) is 24.1 Å². The van der Waals surface area contributed by atoms with Crippen molar-refractivity contribution in [1.82, 2.24) is 10.2 Å². The number of amides is 3. The largest absolute Gasteiger partial charge is 0.466 e. The Kier molecular flexibility index (Phi) is 9.45. The summed E-state index contributed by atoms with van der Waals surface area (Å²) in [6, 6.07) is 6.10. The van der Waals surface area contributed by atoms with Crippen molar-refractivity contribution < 1.29 is 23.9 Å². The Morgan fingerprint density at radius 2 is 1.74 bits per heavy atom. The van der Waals surface area contributed by atoms with Gasteiger partial charge in [-0.1, -0.05) is 20.8 Å². The van der Waals surface area contributed by atoms with E-state index < -0.39 is 12.0 Å². The van der Waals surface area contributed by atoms with Gasteiger partial charge in [0.25, 0.3) is 0 Å². The lowest BCUT2D eigenvalue weighted by molar-refractivity contribution is -0.148. The Labute approximate surface area is 182 Å². The summed E-state index contributed by atoms with van der Waals surface area (Å²) in [6.07, 6.45) is 1.05. The van der Waals surface area contributed by atoms with Crippen LogP contribution in [0.5, 0.6) is 0 Å². The number of nitrogens with zero attached hydrogens (tertiary/aromatic N) is 1. The van der Waals surface area contributed by atoms with E-state index in [9.17, 15) is 19.2 Å². The first-order valence-corrected chi connectivity index (χ1v) is 10.7. The lowest BCUT2D eigenvalue weighted by Gasteiger charge is -2.33. The number of benzene rings is 1. The zero-order chi connectivity index (χ0) is 22.8. The average Bonchev–Trinajstić information content (AvgIpc) is 2.70. The van der Waals surface area contributed by atoms with E-state index in [0.717, 1.165) is 0 Å². The van der Waals surface area contributed by atoms with Crippen molar-refractivity contribution in [3.05, 3.63) is 24.3 Å². The number of hydrogen-bond donors (Lipinski definition) is 3. The van der Waals surface area contributed by atoms with Crippen LogP contribution in [-0.4, -0.2) is 60.9 Å². The van der Waals surface area contributed by atoms with E-state index in [1.165, 1.54) is 0 Å². The van der Waals surface area contributed by atoms with Crippen LogP contribution in [0.15, 0.2) is 24.3 Å². The number of nitrogens with one attached hydrogen (secondary N) is 3. The maximum Gasteiger partial charge on any atom is 0.307 e. The van der Waals surface area contributed by atoms with E-state index in [1.54, 1.807) is 29.2 Å². The van der Waals surface area contributed by atoms with E-state index in [4.69, 9.17) is 4.74 Å². The molecule has 1 aliphatic rings. The molecule has 1 saturated heterocycles. The number of ether oxygens (including phenoxy) is 1. The molecule has 1 aliphatic heterocycles. The lowest BCUT2D eigenvalue weighted by atomic mass is 10.1. The molecule has 0 saturated carbocycles. The minimum absolute atomic E-state index is 0.0218. The molecule has 31 heavy (non-hydrogen) atoms. The summed E-state index contributed by atoms with van der Waals surface area (Å²) in [7, 11) is 0. The zero-order valence-corrected chi connectivity index (χ0v) is 18.4. The molecular weight excluding hydrogens is 400 g/mol. The molecule has 3 N–H and O–H groups in total. The highest BCUT2D eigenvalue weighted by Crippen LogP contribution is 2.15. The van der Waals surface area contributed by atoms with E-state index >= 15 is 0 Å².